The number of hydrogen-bond donors (Lipinski definition) is 0. The van der Waals surface area contributed by atoms with Crippen molar-refractivity contribution in [3.8, 4) is 5.75 Å². The van der Waals surface area contributed by atoms with Crippen LogP contribution in [0.3, 0.4) is 0 Å². The van der Waals surface area contributed by atoms with Crippen molar-refractivity contribution >= 4 is 19.8 Å². The minimum atomic E-state index is -0.345. The van der Waals surface area contributed by atoms with Crippen LogP contribution in [0.2, 0.25) is 6.32 Å². The maximum Gasteiger partial charge on any atom is 0.421 e. The Labute approximate surface area is 157 Å². The number of nitrogens with zero attached hydrogens (tertiary/aromatic N) is 2. The lowest BCUT2D eigenvalue weighted by Crippen LogP contribution is -2.45. The molecule has 1 atom stereocenters. The Morgan fingerprint density at radius 1 is 1.12 bits per heavy atom. The van der Waals surface area contributed by atoms with Crippen LogP contribution >= 0.6 is 0 Å². The molecule has 0 N–H and O–H groups in total. The van der Waals surface area contributed by atoms with Gasteiger partial charge in [0.1, 0.15) is 11.6 Å². The van der Waals surface area contributed by atoms with Gasteiger partial charge in [0.05, 0.1) is 7.85 Å². The predicted octanol–water partition coefficient (Wildman–Crippen LogP) is 4.94. The number of anilines is 1. The van der Waals surface area contributed by atoms with Gasteiger partial charge in [-0.1, -0.05) is 56.3 Å². The number of carbonyl (C=O) groups is 1. The number of fused-ring (bicyclic) bond motifs is 1. The minimum absolute atomic E-state index is 0.131. The second kappa shape index (κ2) is 9.42. The molecular weight excluding hydrogens is 323 g/mol. The molecule has 5 heteroatoms. The second-order valence-electron chi connectivity index (χ2n) is 6.72. The summed E-state index contributed by atoms with van der Waals surface area (Å²) in [5.74, 6) is 1.30. The summed E-state index contributed by atoms with van der Waals surface area (Å²) in [6, 6.07) is 13.3. The van der Waals surface area contributed by atoms with Crippen LogP contribution in [0.15, 0.2) is 48.7 Å². The van der Waals surface area contributed by atoms with Gasteiger partial charge in [0, 0.05) is 12.2 Å². The first kappa shape index (κ1) is 18.5. The zero-order valence-electron chi connectivity index (χ0n) is 15.1. The quantitative estimate of drug-likeness (QED) is 0.526. The molecule has 2 heterocycles. The largest absolute Gasteiger partial charge is 0.421 e. The molecule has 0 spiro atoms. The Morgan fingerprint density at radius 2 is 1.92 bits per heavy atom. The maximum absolute atomic E-state index is 12.9. The molecular formula is C21H25BN2O2. The van der Waals surface area contributed by atoms with Crippen molar-refractivity contribution in [2.75, 3.05) is 4.90 Å². The molecule has 1 aromatic heterocycles. The second-order valence-corrected chi connectivity index (χ2v) is 6.72. The zero-order chi connectivity index (χ0) is 18.2. The van der Waals surface area contributed by atoms with E-state index >= 15 is 0 Å². The first-order chi connectivity index (χ1) is 12.8. The number of rotatable bonds is 7. The van der Waals surface area contributed by atoms with E-state index in [1.165, 1.54) is 0 Å². The van der Waals surface area contributed by atoms with Crippen LogP contribution in [0, 0.1) is 0 Å². The number of benzene rings is 1. The summed E-state index contributed by atoms with van der Waals surface area (Å²) in [4.78, 5) is 19.2. The van der Waals surface area contributed by atoms with Gasteiger partial charge >= 0.3 is 6.09 Å². The number of ether oxygens (including phenoxy) is 1. The molecule has 3 rings (SSSR count). The number of pyridine rings is 1. The third-order valence-electron chi connectivity index (χ3n) is 4.84. The van der Waals surface area contributed by atoms with Crippen molar-refractivity contribution in [3.05, 3.63) is 54.2 Å². The van der Waals surface area contributed by atoms with Crippen LogP contribution in [0.4, 0.5) is 10.6 Å². The van der Waals surface area contributed by atoms with Crippen molar-refractivity contribution in [1.82, 2.24) is 4.98 Å². The summed E-state index contributed by atoms with van der Waals surface area (Å²) < 4.78 is 5.62. The number of hydrogen-bond acceptors (Lipinski definition) is 3. The summed E-state index contributed by atoms with van der Waals surface area (Å²) in [5.41, 5.74) is 1.11. The van der Waals surface area contributed by atoms with E-state index in [2.05, 4.69) is 4.98 Å². The number of amides is 1. The van der Waals surface area contributed by atoms with Crippen LogP contribution in [0.5, 0.6) is 5.75 Å². The van der Waals surface area contributed by atoms with E-state index in [4.69, 9.17) is 12.6 Å². The normalized spacial score (nSPS) is 16.2. The Morgan fingerprint density at radius 3 is 2.73 bits per heavy atom. The topological polar surface area (TPSA) is 42.4 Å². The van der Waals surface area contributed by atoms with Crippen molar-refractivity contribution in [3.63, 3.8) is 0 Å². The average molecular weight is 348 g/mol. The van der Waals surface area contributed by atoms with Crippen LogP contribution in [-0.2, 0) is 6.42 Å². The standard InChI is InChI=1S/C21H25BN2O2/c22-15-7-2-1-4-10-18-14-13-17-9-8-16-23-20(17)24(18)21(25)26-19-11-5-3-6-12-19/h3,5-6,8-9,11-12,16,18H,1-2,4,7,10,13-15H2. The van der Waals surface area contributed by atoms with E-state index in [-0.39, 0.29) is 12.1 Å². The van der Waals surface area contributed by atoms with Crippen molar-refractivity contribution in [1.29, 1.82) is 0 Å². The Hall–Kier alpha value is -2.30. The van der Waals surface area contributed by atoms with Crippen molar-refractivity contribution in [2.24, 2.45) is 0 Å². The van der Waals surface area contributed by atoms with E-state index in [9.17, 15) is 4.79 Å². The molecule has 0 bridgehead atoms. The van der Waals surface area contributed by atoms with E-state index in [0.717, 1.165) is 62.6 Å². The lowest BCUT2D eigenvalue weighted by Gasteiger charge is -2.35. The molecule has 0 fully saturated rings. The molecule has 1 aliphatic heterocycles. The summed E-state index contributed by atoms with van der Waals surface area (Å²) in [6.45, 7) is 0. The third kappa shape index (κ3) is 4.66. The molecule has 1 aliphatic rings. The number of unbranched alkanes of at least 4 members (excludes halogenated alkanes) is 3. The molecule has 1 unspecified atom stereocenters. The minimum Gasteiger partial charge on any atom is -0.410 e. The van der Waals surface area contributed by atoms with Crippen LogP contribution in [0.1, 0.15) is 44.1 Å². The SMILES string of the molecule is [B]CCCCCCC1CCc2cccnc2N1C(=O)Oc1ccccc1. The first-order valence-corrected chi connectivity index (χ1v) is 9.49. The summed E-state index contributed by atoms with van der Waals surface area (Å²) in [6.07, 6.45) is 9.44. The highest BCUT2D eigenvalue weighted by atomic mass is 16.6. The van der Waals surface area contributed by atoms with Crippen molar-refractivity contribution in [2.45, 2.75) is 57.3 Å². The fourth-order valence-corrected chi connectivity index (χ4v) is 3.49. The molecule has 2 aromatic rings. The number of carbonyl (C=O) groups excluding carboxylic acids is 1. The van der Waals surface area contributed by atoms with Crippen molar-refractivity contribution < 1.29 is 9.53 Å². The first-order valence-electron chi connectivity index (χ1n) is 9.49. The van der Waals surface area contributed by atoms with E-state index in [1.807, 2.05) is 30.3 Å². The van der Waals surface area contributed by atoms with Gasteiger partial charge in [0.2, 0.25) is 0 Å². The molecule has 1 aromatic carbocycles. The molecule has 0 saturated heterocycles. The zero-order valence-corrected chi connectivity index (χ0v) is 15.1. The molecule has 0 saturated carbocycles. The van der Waals surface area contributed by atoms with Gasteiger partial charge in [0.25, 0.3) is 0 Å². The van der Waals surface area contributed by atoms with Gasteiger partial charge in [-0.25, -0.2) is 9.78 Å². The Balaban J connectivity index is 1.72. The summed E-state index contributed by atoms with van der Waals surface area (Å²) in [7, 11) is 5.56. The lowest BCUT2D eigenvalue weighted by atomic mass is 9.93. The average Bonchev–Trinajstić information content (AvgIpc) is 2.68. The van der Waals surface area contributed by atoms with Gasteiger partial charge < -0.3 is 4.74 Å². The molecule has 134 valence electrons. The van der Waals surface area contributed by atoms with Gasteiger partial charge in [-0.3, -0.25) is 4.90 Å². The van der Waals surface area contributed by atoms with E-state index in [1.54, 1.807) is 23.2 Å². The number of para-hydroxylation sites is 1. The molecule has 1 amide bonds. The third-order valence-corrected chi connectivity index (χ3v) is 4.84. The fourth-order valence-electron chi connectivity index (χ4n) is 3.49. The molecule has 26 heavy (non-hydrogen) atoms. The summed E-state index contributed by atoms with van der Waals surface area (Å²) >= 11 is 0. The van der Waals surface area contributed by atoms with Gasteiger partial charge in [-0.05, 0) is 43.0 Å². The lowest BCUT2D eigenvalue weighted by molar-refractivity contribution is 0.202. The molecule has 0 aliphatic carbocycles. The van der Waals surface area contributed by atoms with E-state index in [0.29, 0.717) is 5.75 Å². The summed E-state index contributed by atoms with van der Waals surface area (Å²) in [5, 5.41) is 0. The van der Waals surface area contributed by atoms with Crippen LogP contribution in [-0.4, -0.2) is 25.0 Å². The monoisotopic (exact) mass is 348 g/mol. The highest BCUT2D eigenvalue weighted by molar-refractivity contribution is 6.08. The van der Waals surface area contributed by atoms with Crippen LogP contribution < -0.4 is 9.64 Å². The Bertz CT molecular complexity index is 708. The van der Waals surface area contributed by atoms with Gasteiger partial charge in [-0.2, -0.15) is 0 Å². The smallest absolute Gasteiger partial charge is 0.410 e. The fraction of sp³-hybridized carbons (Fsp3) is 0.429. The molecule has 2 radical (unpaired) electrons. The molecule has 4 nitrogen and oxygen atoms in total. The van der Waals surface area contributed by atoms with Gasteiger partial charge in [-0.15, -0.1) is 0 Å². The van der Waals surface area contributed by atoms with Crippen LogP contribution in [0.25, 0.3) is 0 Å². The number of aromatic nitrogens is 1. The highest BCUT2D eigenvalue weighted by Crippen LogP contribution is 2.32. The Kier molecular flexibility index (Phi) is 6.70. The highest BCUT2D eigenvalue weighted by Gasteiger charge is 2.33. The van der Waals surface area contributed by atoms with Gasteiger partial charge in [0.15, 0.2) is 0 Å². The predicted molar refractivity (Wildman–Crippen MR) is 105 cm³/mol. The number of aryl methyl sites for hydroxylation is 1. The van der Waals surface area contributed by atoms with E-state index < -0.39 is 0 Å². The maximum atomic E-state index is 12.9.